The lowest BCUT2D eigenvalue weighted by Crippen LogP contribution is -2.29. The van der Waals surface area contributed by atoms with Gasteiger partial charge in [-0.1, -0.05) is 35.9 Å². The molecular weight excluding hydrogens is 388 g/mol. The number of rotatable bonds is 7. The van der Waals surface area contributed by atoms with Crippen LogP contribution in [0.2, 0.25) is 5.02 Å². The first kappa shape index (κ1) is 19.8. The highest BCUT2D eigenvalue weighted by Crippen LogP contribution is 2.31. The van der Waals surface area contributed by atoms with Crippen LogP contribution >= 0.6 is 11.6 Å². The first-order valence-corrected chi connectivity index (χ1v) is 10.5. The van der Waals surface area contributed by atoms with Gasteiger partial charge in [-0.05, 0) is 42.2 Å². The molecule has 3 rings (SSSR count). The zero-order valence-corrected chi connectivity index (χ0v) is 16.4. The van der Waals surface area contributed by atoms with Crippen LogP contribution in [-0.2, 0) is 21.2 Å². The van der Waals surface area contributed by atoms with E-state index < -0.39 is 15.9 Å². The van der Waals surface area contributed by atoms with Crippen molar-refractivity contribution < 1.29 is 17.9 Å². The molecule has 0 spiro atoms. The minimum atomic E-state index is -3.75. The standard InChI is InChI=1S/C19H21ClN2O4S/c1-26-11-10-21-27(24,25)14-7-8-17(20)16(12-14)19(23)22-18-9-6-13-4-2-3-5-15(13)18/h2-5,7-8,12,18,21H,6,9-11H2,1H3,(H,22,23)/t18-/m0/s1. The highest BCUT2D eigenvalue weighted by molar-refractivity contribution is 7.89. The Bertz CT molecular complexity index is 946. The van der Waals surface area contributed by atoms with Gasteiger partial charge in [-0.25, -0.2) is 13.1 Å². The minimum absolute atomic E-state index is 0.0139. The average molecular weight is 409 g/mol. The molecule has 0 saturated heterocycles. The first-order chi connectivity index (χ1) is 12.9. The van der Waals surface area contributed by atoms with Crippen molar-refractivity contribution in [3.05, 3.63) is 64.2 Å². The molecule has 0 radical (unpaired) electrons. The van der Waals surface area contributed by atoms with Crippen LogP contribution in [-0.4, -0.2) is 34.6 Å². The number of hydrogen-bond acceptors (Lipinski definition) is 4. The molecule has 2 aromatic rings. The second-order valence-electron chi connectivity index (χ2n) is 6.30. The molecule has 2 aromatic carbocycles. The molecule has 0 bridgehead atoms. The second kappa shape index (κ2) is 8.39. The Balaban J connectivity index is 1.79. The summed E-state index contributed by atoms with van der Waals surface area (Å²) >= 11 is 6.16. The van der Waals surface area contributed by atoms with Crippen LogP contribution in [0.25, 0.3) is 0 Å². The molecule has 27 heavy (non-hydrogen) atoms. The van der Waals surface area contributed by atoms with Gasteiger partial charge in [-0.15, -0.1) is 0 Å². The Labute approximate surface area is 163 Å². The maximum absolute atomic E-state index is 12.7. The van der Waals surface area contributed by atoms with Gasteiger partial charge in [0.25, 0.3) is 5.91 Å². The lowest BCUT2D eigenvalue weighted by Gasteiger charge is -2.15. The van der Waals surface area contributed by atoms with Gasteiger partial charge < -0.3 is 10.1 Å². The molecule has 1 atom stereocenters. The molecule has 1 amide bonds. The zero-order valence-electron chi connectivity index (χ0n) is 14.9. The van der Waals surface area contributed by atoms with Gasteiger partial charge in [-0.2, -0.15) is 0 Å². The molecule has 144 valence electrons. The summed E-state index contributed by atoms with van der Waals surface area (Å²) in [5, 5.41) is 3.17. The number of fused-ring (bicyclic) bond motifs is 1. The Morgan fingerprint density at radius 3 is 2.81 bits per heavy atom. The van der Waals surface area contributed by atoms with E-state index in [9.17, 15) is 13.2 Å². The first-order valence-electron chi connectivity index (χ1n) is 8.59. The number of hydrogen-bond donors (Lipinski definition) is 2. The molecule has 0 fully saturated rings. The molecular formula is C19H21ClN2O4S. The molecule has 2 N–H and O–H groups in total. The number of nitrogens with one attached hydrogen (secondary N) is 2. The zero-order chi connectivity index (χ0) is 19.4. The normalized spacial score (nSPS) is 16.1. The number of aryl methyl sites for hydroxylation is 1. The van der Waals surface area contributed by atoms with Crippen LogP contribution in [0.5, 0.6) is 0 Å². The summed E-state index contributed by atoms with van der Waals surface area (Å²) in [5.74, 6) is -0.393. The van der Waals surface area contributed by atoms with Crippen LogP contribution in [0.15, 0.2) is 47.4 Å². The molecule has 0 unspecified atom stereocenters. The van der Waals surface area contributed by atoms with Crippen LogP contribution in [0.4, 0.5) is 0 Å². The fraction of sp³-hybridized carbons (Fsp3) is 0.316. The third-order valence-corrected chi connectivity index (χ3v) is 6.32. The highest BCUT2D eigenvalue weighted by Gasteiger charge is 2.25. The molecule has 0 aromatic heterocycles. The van der Waals surface area contributed by atoms with E-state index in [1.54, 1.807) is 0 Å². The predicted molar refractivity (Wildman–Crippen MR) is 103 cm³/mol. The SMILES string of the molecule is COCCNS(=O)(=O)c1ccc(Cl)c(C(=O)N[C@H]2CCc3ccccc32)c1. The number of halogens is 1. The smallest absolute Gasteiger partial charge is 0.253 e. The monoisotopic (exact) mass is 408 g/mol. The molecule has 6 nitrogen and oxygen atoms in total. The predicted octanol–water partition coefficient (Wildman–Crippen LogP) is 2.68. The summed E-state index contributed by atoms with van der Waals surface area (Å²) in [4.78, 5) is 12.7. The molecule has 1 aliphatic carbocycles. The summed E-state index contributed by atoms with van der Waals surface area (Å²) in [7, 11) is -2.26. The molecule has 8 heteroatoms. The van der Waals surface area contributed by atoms with Gasteiger partial charge in [0.05, 0.1) is 28.1 Å². The number of ether oxygens (including phenoxy) is 1. The topological polar surface area (TPSA) is 84.5 Å². The Morgan fingerprint density at radius 2 is 2.04 bits per heavy atom. The average Bonchev–Trinajstić information content (AvgIpc) is 3.05. The Morgan fingerprint density at radius 1 is 1.26 bits per heavy atom. The van der Waals surface area contributed by atoms with E-state index in [1.807, 2.05) is 24.3 Å². The van der Waals surface area contributed by atoms with Gasteiger partial charge in [-0.3, -0.25) is 4.79 Å². The van der Waals surface area contributed by atoms with Gasteiger partial charge in [0.15, 0.2) is 0 Å². The highest BCUT2D eigenvalue weighted by atomic mass is 35.5. The number of sulfonamides is 1. The summed E-state index contributed by atoms with van der Waals surface area (Å²) in [5.41, 5.74) is 2.44. The number of carbonyl (C=O) groups excluding carboxylic acids is 1. The van der Waals surface area contributed by atoms with Gasteiger partial charge >= 0.3 is 0 Å². The van der Waals surface area contributed by atoms with Gasteiger partial charge in [0, 0.05) is 13.7 Å². The van der Waals surface area contributed by atoms with Gasteiger partial charge in [0.2, 0.25) is 10.0 Å². The van der Waals surface area contributed by atoms with Crippen LogP contribution in [0.3, 0.4) is 0 Å². The lowest BCUT2D eigenvalue weighted by molar-refractivity contribution is 0.0936. The Hall–Kier alpha value is -1.93. The minimum Gasteiger partial charge on any atom is -0.383 e. The van der Waals surface area contributed by atoms with Crippen molar-refractivity contribution in [2.75, 3.05) is 20.3 Å². The summed E-state index contributed by atoms with van der Waals surface area (Å²) in [6, 6.07) is 11.9. The van der Waals surface area contributed by atoms with Crippen LogP contribution in [0, 0.1) is 0 Å². The fourth-order valence-electron chi connectivity index (χ4n) is 3.15. The summed E-state index contributed by atoms with van der Waals surface area (Å²) < 4.78 is 32.0. The second-order valence-corrected chi connectivity index (χ2v) is 8.47. The van der Waals surface area contributed by atoms with Crippen molar-refractivity contribution in [3.63, 3.8) is 0 Å². The maximum Gasteiger partial charge on any atom is 0.253 e. The number of benzene rings is 2. The fourth-order valence-corrected chi connectivity index (χ4v) is 4.39. The van der Waals surface area contributed by atoms with Gasteiger partial charge in [0.1, 0.15) is 0 Å². The summed E-state index contributed by atoms with van der Waals surface area (Å²) in [6.07, 6.45) is 1.70. The Kier molecular flexibility index (Phi) is 6.16. The third kappa shape index (κ3) is 4.50. The maximum atomic E-state index is 12.7. The molecule has 0 heterocycles. The quantitative estimate of drug-likeness (QED) is 0.690. The number of amides is 1. The van der Waals surface area contributed by atoms with Crippen molar-refractivity contribution in [1.29, 1.82) is 0 Å². The van der Waals surface area contributed by atoms with Crippen LogP contribution < -0.4 is 10.0 Å². The van der Waals surface area contributed by atoms with E-state index in [0.717, 1.165) is 18.4 Å². The van der Waals surface area contributed by atoms with Crippen LogP contribution in [0.1, 0.15) is 33.9 Å². The summed E-state index contributed by atoms with van der Waals surface area (Å²) in [6.45, 7) is 0.392. The lowest BCUT2D eigenvalue weighted by atomic mass is 10.1. The van der Waals surface area contributed by atoms with E-state index in [4.69, 9.17) is 16.3 Å². The molecule has 0 saturated carbocycles. The third-order valence-electron chi connectivity index (χ3n) is 4.53. The molecule has 0 aliphatic heterocycles. The van der Waals surface area contributed by atoms with E-state index in [1.165, 1.54) is 30.9 Å². The van der Waals surface area contributed by atoms with Crippen molar-refractivity contribution in [1.82, 2.24) is 10.0 Å². The van der Waals surface area contributed by atoms with Crippen molar-refractivity contribution in [2.45, 2.75) is 23.8 Å². The van der Waals surface area contributed by atoms with Crippen molar-refractivity contribution >= 4 is 27.5 Å². The van der Waals surface area contributed by atoms with E-state index in [0.29, 0.717) is 0 Å². The van der Waals surface area contributed by atoms with Crippen molar-refractivity contribution in [3.8, 4) is 0 Å². The largest absolute Gasteiger partial charge is 0.383 e. The molecule has 1 aliphatic rings. The van der Waals surface area contributed by atoms with Crippen molar-refractivity contribution in [2.24, 2.45) is 0 Å². The number of carbonyl (C=O) groups is 1. The number of methoxy groups -OCH3 is 1. The van der Waals surface area contributed by atoms with E-state index >= 15 is 0 Å². The van der Waals surface area contributed by atoms with E-state index in [-0.39, 0.29) is 34.7 Å². The van der Waals surface area contributed by atoms with E-state index in [2.05, 4.69) is 10.0 Å².